The number of rotatable bonds is 38. The van der Waals surface area contributed by atoms with Gasteiger partial charge < -0.3 is 87.8 Å². The molecule has 3 fully saturated rings. The molecule has 3 aliphatic heterocycles. The van der Waals surface area contributed by atoms with Gasteiger partial charge in [-0.05, 0) is 118 Å². The Morgan fingerprint density at radius 2 is 1.25 bits per heavy atom. The van der Waals surface area contributed by atoms with E-state index in [1.54, 1.807) is 10.9 Å². The van der Waals surface area contributed by atoms with Crippen molar-refractivity contribution in [1.29, 1.82) is 0 Å². The average molecular weight is 1180 g/mol. The van der Waals surface area contributed by atoms with Crippen LogP contribution >= 0.6 is 0 Å². The van der Waals surface area contributed by atoms with Crippen molar-refractivity contribution in [2.45, 2.75) is 197 Å². The van der Waals surface area contributed by atoms with Crippen molar-refractivity contribution in [3.05, 3.63) is 11.9 Å². The summed E-state index contributed by atoms with van der Waals surface area (Å²) in [5.41, 5.74) is 11.1. The fourth-order valence-electron chi connectivity index (χ4n) is 10.1. The van der Waals surface area contributed by atoms with Crippen LogP contribution in [0.1, 0.15) is 130 Å². The Bertz CT molecular complexity index is 2360. The molecule has 3 saturated heterocycles. The lowest BCUT2D eigenvalue weighted by atomic mass is 10.0. The number of hydrogen-bond acceptors (Lipinski definition) is 19. The molecule has 1 aromatic rings. The van der Waals surface area contributed by atoms with Crippen molar-refractivity contribution >= 4 is 59.3 Å². The first-order valence-electron chi connectivity index (χ1n) is 28.6. The van der Waals surface area contributed by atoms with Crippen LogP contribution < -0.4 is 38.1 Å². The number of aliphatic hydroxyl groups excluding tert-OH is 2. The van der Waals surface area contributed by atoms with Crippen molar-refractivity contribution in [2.24, 2.45) is 11.5 Å². The number of ether oxygens (including phenoxy) is 2. The number of nitrogens with two attached hydrogens (primary N) is 2. The normalized spacial score (nSPS) is 19.1. The van der Waals surface area contributed by atoms with Gasteiger partial charge in [-0.2, -0.15) is 0 Å². The summed E-state index contributed by atoms with van der Waals surface area (Å²) >= 11 is 0. The number of carbonyl (C=O) groups is 10. The van der Waals surface area contributed by atoms with Crippen LogP contribution in [0.25, 0.3) is 0 Å². The number of aliphatic carboxylic acids is 3. The summed E-state index contributed by atoms with van der Waals surface area (Å²) in [6.07, 6.45) is 3.70. The summed E-state index contributed by atoms with van der Waals surface area (Å²) in [4.78, 5) is 135. The smallest absolute Gasteiger partial charge is 0.326 e. The van der Waals surface area contributed by atoms with Gasteiger partial charge in [-0.25, -0.2) is 9.48 Å². The molecule has 3 aliphatic rings. The van der Waals surface area contributed by atoms with E-state index in [0.717, 1.165) is 0 Å². The Kier molecular flexibility index (Phi) is 28.1. The molecule has 468 valence electrons. The van der Waals surface area contributed by atoms with Crippen LogP contribution in [0.5, 0.6) is 0 Å². The minimum absolute atomic E-state index is 0.00106. The first-order valence-corrected chi connectivity index (χ1v) is 28.6. The van der Waals surface area contributed by atoms with Crippen LogP contribution in [-0.4, -0.2) is 240 Å². The quantitative estimate of drug-likeness (QED) is 0.0293. The summed E-state index contributed by atoms with van der Waals surface area (Å²) in [6.45, 7) is 8.63. The van der Waals surface area contributed by atoms with E-state index in [4.69, 9.17) is 26.0 Å². The number of amides is 7. The lowest BCUT2D eigenvalue weighted by molar-refractivity contribution is -0.148. The first kappa shape index (κ1) is 69.1. The van der Waals surface area contributed by atoms with E-state index >= 15 is 0 Å². The molecule has 0 aliphatic carbocycles. The molecule has 14 N–H and O–H groups in total. The molecule has 0 bridgehead atoms. The number of hydrogen-bond donors (Lipinski definition) is 12. The number of carboxylic acids is 3. The Morgan fingerprint density at radius 1 is 0.663 bits per heavy atom. The van der Waals surface area contributed by atoms with E-state index < -0.39 is 152 Å². The molecule has 0 aromatic carbocycles. The number of aryl methyl sites for hydroxylation is 1. The number of aromatic nitrogens is 3. The highest BCUT2D eigenvalue weighted by Gasteiger charge is 2.45. The van der Waals surface area contributed by atoms with Crippen molar-refractivity contribution < 1.29 is 83.0 Å². The van der Waals surface area contributed by atoms with E-state index in [-0.39, 0.29) is 70.3 Å². The van der Waals surface area contributed by atoms with Crippen molar-refractivity contribution in [1.82, 2.24) is 56.3 Å². The SMILES string of the molecule is CC(C)(CCN)OCC(C)(C)OCCn1cc(CCC(=O)NC(CCCCN)C(=O)N2CCCC2C(=O)NC(CO)CNC(CO)C(=O)N2CCCC2C(=O)N2CCCC2C(=O)NC(CCC(=O)O)C(=O)NC(CCC(=O)O)C(=O)O)nn1. The standard InChI is InChI=1S/C53H89N13O17/c1-52(2,20-22-55)83-32-53(3,4)82-27-26-63-29-33(61-62-63)14-17-42(69)58-36(10-5-6-21-54)48(77)64-23-7-11-39(64)46(75)57-34(30-67)28-56-38(31-68)49(78)66-25-9-13-41(66)50(79)65-24-8-12-40(65)47(76)59-35(15-18-43(70)71)45(74)60-37(51(80)81)16-19-44(72)73/h29,34-41,56,67-68H,5-28,30-32,54-55H2,1-4H3,(H,57,75)(H,58,69)(H,59,76)(H,60,74)(H,70,71)(H,72,73)(H,80,81). The van der Waals surface area contributed by atoms with Crippen LogP contribution in [0.15, 0.2) is 6.20 Å². The molecule has 0 spiro atoms. The van der Waals surface area contributed by atoms with Gasteiger partial charge in [-0.15, -0.1) is 5.10 Å². The van der Waals surface area contributed by atoms with Crippen LogP contribution in [0.2, 0.25) is 0 Å². The maximum absolute atomic E-state index is 14.2. The molecule has 30 nitrogen and oxygen atoms in total. The van der Waals surface area contributed by atoms with Crippen molar-refractivity contribution in [3.63, 3.8) is 0 Å². The monoisotopic (exact) mass is 1180 g/mol. The second-order valence-electron chi connectivity index (χ2n) is 22.5. The molecule has 8 atom stereocenters. The van der Waals surface area contributed by atoms with Crippen LogP contribution in [-0.2, 0) is 70.4 Å². The highest BCUT2D eigenvalue weighted by molar-refractivity contribution is 5.96. The fraction of sp³-hybridized carbons (Fsp3) is 0.774. The molecule has 0 saturated carbocycles. The number of nitrogens with one attached hydrogen (secondary N) is 5. The molecular weight excluding hydrogens is 1090 g/mol. The Labute approximate surface area is 482 Å². The second kappa shape index (κ2) is 33.8. The molecule has 1 aromatic heterocycles. The van der Waals surface area contributed by atoms with Gasteiger partial charge in [0.15, 0.2) is 0 Å². The van der Waals surface area contributed by atoms with E-state index in [9.17, 15) is 68.4 Å². The number of unbranched alkanes of at least 4 members (excludes halogenated alkanes) is 1. The van der Waals surface area contributed by atoms with Crippen molar-refractivity contribution in [2.75, 3.05) is 65.7 Å². The van der Waals surface area contributed by atoms with Gasteiger partial charge in [-0.3, -0.25) is 43.2 Å². The maximum atomic E-state index is 14.2. The zero-order valence-electron chi connectivity index (χ0n) is 48.3. The van der Waals surface area contributed by atoms with Gasteiger partial charge in [0.2, 0.25) is 41.4 Å². The van der Waals surface area contributed by atoms with Gasteiger partial charge >= 0.3 is 17.9 Å². The van der Waals surface area contributed by atoms with Gasteiger partial charge in [0, 0.05) is 58.1 Å². The molecule has 7 amide bonds. The minimum atomic E-state index is -1.66. The number of carboxylic acid groups (broad SMARTS) is 3. The molecule has 4 rings (SSSR count). The van der Waals surface area contributed by atoms with Crippen LogP contribution in [0.3, 0.4) is 0 Å². The lowest BCUT2D eigenvalue weighted by Crippen LogP contribution is -2.59. The zero-order chi connectivity index (χ0) is 61.4. The molecule has 30 heteroatoms. The third-order valence-electron chi connectivity index (χ3n) is 14.8. The fourth-order valence-corrected chi connectivity index (χ4v) is 10.1. The van der Waals surface area contributed by atoms with Crippen LogP contribution in [0.4, 0.5) is 0 Å². The topological polar surface area (TPSA) is 443 Å². The Balaban J connectivity index is 1.31. The van der Waals surface area contributed by atoms with Gasteiger partial charge in [0.1, 0.15) is 42.3 Å². The summed E-state index contributed by atoms with van der Waals surface area (Å²) in [5, 5.41) is 70.1. The molecule has 0 radical (unpaired) electrons. The maximum Gasteiger partial charge on any atom is 0.326 e. The van der Waals surface area contributed by atoms with Gasteiger partial charge in [0.25, 0.3) is 0 Å². The molecule has 83 heavy (non-hydrogen) atoms. The van der Waals surface area contributed by atoms with Gasteiger partial charge in [0.05, 0.1) is 55.9 Å². The highest BCUT2D eigenvalue weighted by Crippen LogP contribution is 2.27. The predicted molar refractivity (Wildman–Crippen MR) is 294 cm³/mol. The van der Waals surface area contributed by atoms with Crippen molar-refractivity contribution in [3.8, 4) is 0 Å². The first-order chi connectivity index (χ1) is 39.3. The largest absolute Gasteiger partial charge is 0.481 e. The zero-order valence-corrected chi connectivity index (χ0v) is 48.3. The Hall–Kier alpha value is -6.44. The average Bonchev–Trinajstić information content (AvgIpc) is 4.46. The summed E-state index contributed by atoms with van der Waals surface area (Å²) in [5.74, 6) is -8.83. The summed E-state index contributed by atoms with van der Waals surface area (Å²) < 4.78 is 13.7. The number of aliphatic hydroxyl groups is 2. The second-order valence-corrected chi connectivity index (χ2v) is 22.5. The molecule has 4 heterocycles. The van der Waals surface area contributed by atoms with E-state index in [2.05, 4.69) is 36.9 Å². The highest BCUT2D eigenvalue weighted by atomic mass is 16.6. The third kappa shape index (κ3) is 22.2. The molecular formula is C53H89N13O17. The molecule has 8 unspecified atom stereocenters. The summed E-state index contributed by atoms with van der Waals surface area (Å²) in [7, 11) is 0. The van der Waals surface area contributed by atoms with E-state index in [1.165, 1.54) is 14.7 Å². The summed E-state index contributed by atoms with van der Waals surface area (Å²) in [6, 6.07) is -9.72. The van der Waals surface area contributed by atoms with Gasteiger partial charge in [-0.1, -0.05) is 5.21 Å². The Morgan fingerprint density at radius 3 is 1.86 bits per heavy atom. The van der Waals surface area contributed by atoms with E-state index in [1.807, 2.05) is 27.7 Å². The predicted octanol–water partition coefficient (Wildman–Crippen LogP) is -3.05. The van der Waals surface area contributed by atoms with Crippen LogP contribution in [0, 0.1) is 0 Å². The number of nitrogens with zero attached hydrogens (tertiary/aromatic N) is 6. The van der Waals surface area contributed by atoms with E-state index in [0.29, 0.717) is 77.1 Å². The lowest BCUT2D eigenvalue weighted by Gasteiger charge is -2.33. The minimum Gasteiger partial charge on any atom is -0.481 e. The number of likely N-dealkylation sites (tertiary alicyclic amines) is 3. The third-order valence-corrected chi connectivity index (χ3v) is 14.8. The number of carbonyl (C=O) groups excluding carboxylic acids is 7.